The number of fused-ring (bicyclic) bond motifs is 2. The van der Waals surface area contributed by atoms with Crippen LogP contribution in [0.3, 0.4) is 0 Å². The Bertz CT molecular complexity index is 1400. The maximum absolute atomic E-state index is 9.78. The van der Waals surface area contributed by atoms with Crippen molar-refractivity contribution in [2.75, 3.05) is 46.4 Å². The molecule has 0 N–H and O–H groups in total. The van der Waals surface area contributed by atoms with Crippen molar-refractivity contribution in [2.45, 2.75) is 13.3 Å². The van der Waals surface area contributed by atoms with Crippen LogP contribution in [-0.2, 0) is 7.05 Å². The standard InChI is InChI=1S/C28H31N5O2/c1-20-15-21-16-23(5-6-26(21)32(20)3)35-27-7-8-30-25-18-28(22(19-29)17-24(25)27)34-14-4-9-33-12-10-31(2)11-13-33/h5-8,15-18H,4,9-14H2,1-3H3. The summed E-state index contributed by atoms with van der Waals surface area (Å²) in [7, 11) is 4.22. The first-order valence-electron chi connectivity index (χ1n) is 12.1. The summed E-state index contributed by atoms with van der Waals surface area (Å²) in [5, 5.41) is 11.7. The van der Waals surface area contributed by atoms with Crippen LogP contribution >= 0.6 is 0 Å². The van der Waals surface area contributed by atoms with Gasteiger partial charge in [-0.1, -0.05) is 0 Å². The molecule has 0 spiro atoms. The zero-order chi connectivity index (χ0) is 24.4. The molecular formula is C28H31N5O2. The van der Waals surface area contributed by atoms with Gasteiger partial charge in [-0.3, -0.25) is 4.98 Å². The number of nitriles is 1. The molecule has 1 aliphatic rings. The fourth-order valence-electron chi connectivity index (χ4n) is 4.64. The third-order valence-electron chi connectivity index (χ3n) is 6.88. The Morgan fingerprint density at radius 1 is 1.00 bits per heavy atom. The van der Waals surface area contributed by atoms with Crippen LogP contribution in [0.15, 0.2) is 48.7 Å². The lowest BCUT2D eigenvalue weighted by molar-refractivity contribution is 0.145. The van der Waals surface area contributed by atoms with E-state index in [1.807, 2.05) is 30.3 Å². The molecule has 7 heteroatoms. The van der Waals surface area contributed by atoms with E-state index in [0.29, 0.717) is 23.7 Å². The fourth-order valence-corrected chi connectivity index (χ4v) is 4.64. The molecule has 35 heavy (non-hydrogen) atoms. The molecule has 2 aromatic carbocycles. The van der Waals surface area contributed by atoms with Crippen molar-refractivity contribution in [3.63, 3.8) is 0 Å². The molecule has 4 aromatic rings. The van der Waals surface area contributed by atoms with Crippen LogP contribution in [0.5, 0.6) is 17.2 Å². The second-order valence-corrected chi connectivity index (χ2v) is 9.30. The van der Waals surface area contributed by atoms with E-state index in [9.17, 15) is 5.26 Å². The highest BCUT2D eigenvalue weighted by atomic mass is 16.5. The second-order valence-electron chi connectivity index (χ2n) is 9.30. The molecule has 0 atom stereocenters. The van der Waals surface area contributed by atoms with E-state index in [0.717, 1.165) is 66.7 Å². The summed E-state index contributed by atoms with van der Waals surface area (Å²) in [5.41, 5.74) is 3.59. The first-order chi connectivity index (χ1) is 17.0. The molecule has 3 heterocycles. The largest absolute Gasteiger partial charge is 0.492 e. The van der Waals surface area contributed by atoms with Crippen LogP contribution in [0, 0.1) is 18.3 Å². The zero-order valence-electron chi connectivity index (χ0n) is 20.6. The number of pyridine rings is 1. The summed E-state index contributed by atoms with van der Waals surface area (Å²) in [5.74, 6) is 1.99. The molecule has 7 nitrogen and oxygen atoms in total. The Morgan fingerprint density at radius 2 is 1.83 bits per heavy atom. The molecule has 0 aliphatic carbocycles. The predicted molar refractivity (Wildman–Crippen MR) is 138 cm³/mol. The van der Waals surface area contributed by atoms with Gasteiger partial charge in [-0.25, -0.2) is 0 Å². The van der Waals surface area contributed by atoms with Gasteiger partial charge in [0.1, 0.15) is 23.3 Å². The number of likely N-dealkylation sites (N-methyl/N-ethyl adjacent to an activating group) is 1. The van der Waals surface area contributed by atoms with Gasteiger partial charge in [-0.05, 0) is 56.8 Å². The highest BCUT2D eigenvalue weighted by Gasteiger charge is 2.15. The third-order valence-corrected chi connectivity index (χ3v) is 6.88. The fraction of sp³-hybridized carbons (Fsp3) is 0.357. The second kappa shape index (κ2) is 9.95. The van der Waals surface area contributed by atoms with Crippen molar-refractivity contribution in [1.82, 2.24) is 19.4 Å². The molecule has 2 aromatic heterocycles. The lowest BCUT2D eigenvalue weighted by Gasteiger charge is -2.32. The highest BCUT2D eigenvalue weighted by molar-refractivity contribution is 5.88. The maximum Gasteiger partial charge on any atom is 0.139 e. The summed E-state index contributed by atoms with van der Waals surface area (Å²) < 4.78 is 14.4. The predicted octanol–water partition coefficient (Wildman–Crippen LogP) is 4.72. The molecule has 180 valence electrons. The number of hydrogen-bond acceptors (Lipinski definition) is 6. The summed E-state index contributed by atoms with van der Waals surface area (Å²) in [6.07, 6.45) is 2.65. The van der Waals surface area contributed by atoms with Crippen LogP contribution < -0.4 is 9.47 Å². The van der Waals surface area contributed by atoms with Gasteiger partial charge in [-0.15, -0.1) is 0 Å². The maximum atomic E-state index is 9.78. The highest BCUT2D eigenvalue weighted by Crippen LogP contribution is 2.34. The number of aryl methyl sites for hydroxylation is 2. The normalized spacial score (nSPS) is 14.9. The van der Waals surface area contributed by atoms with E-state index in [-0.39, 0.29) is 0 Å². The Hall–Kier alpha value is -3.60. The van der Waals surface area contributed by atoms with Gasteiger partial charge in [-0.2, -0.15) is 5.26 Å². The van der Waals surface area contributed by atoms with Crippen LogP contribution in [0.1, 0.15) is 17.7 Å². The van der Waals surface area contributed by atoms with Crippen LogP contribution in [0.25, 0.3) is 21.8 Å². The average Bonchev–Trinajstić information content (AvgIpc) is 3.15. The minimum Gasteiger partial charge on any atom is -0.492 e. The summed E-state index contributed by atoms with van der Waals surface area (Å²) in [6.45, 7) is 8.08. The lowest BCUT2D eigenvalue weighted by Crippen LogP contribution is -2.44. The van der Waals surface area contributed by atoms with Crippen LogP contribution in [-0.4, -0.2) is 65.7 Å². The summed E-state index contributed by atoms with van der Waals surface area (Å²) in [4.78, 5) is 9.33. The van der Waals surface area contributed by atoms with Gasteiger partial charge in [0.05, 0.1) is 17.7 Å². The van der Waals surface area contributed by atoms with Gasteiger partial charge in [0.15, 0.2) is 0 Å². The van der Waals surface area contributed by atoms with E-state index < -0.39 is 0 Å². The minimum absolute atomic E-state index is 0.490. The molecule has 0 saturated carbocycles. The first kappa shape index (κ1) is 23.2. The van der Waals surface area contributed by atoms with Crippen LogP contribution in [0.4, 0.5) is 0 Å². The molecule has 1 aliphatic heterocycles. The zero-order valence-corrected chi connectivity index (χ0v) is 20.6. The molecule has 1 fully saturated rings. The Kier molecular flexibility index (Phi) is 6.58. The minimum atomic E-state index is 0.490. The van der Waals surface area contributed by atoms with Crippen molar-refractivity contribution in [3.05, 3.63) is 59.9 Å². The lowest BCUT2D eigenvalue weighted by atomic mass is 10.1. The summed E-state index contributed by atoms with van der Waals surface area (Å²) in [6, 6.07) is 16.0. The van der Waals surface area contributed by atoms with Gasteiger partial charge < -0.3 is 23.8 Å². The molecule has 0 unspecified atom stereocenters. The Morgan fingerprint density at radius 3 is 2.63 bits per heavy atom. The number of benzene rings is 2. The Labute approximate surface area is 206 Å². The monoisotopic (exact) mass is 469 g/mol. The quantitative estimate of drug-likeness (QED) is 0.365. The average molecular weight is 470 g/mol. The first-order valence-corrected chi connectivity index (χ1v) is 12.1. The molecule has 0 bridgehead atoms. The number of rotatable bonds is 7. The summed E-state index contributed by atoms with van der Waals surface area (Å²) >= 11 is 0. The van der Waals surface area contributed by atoms with Crippen molar-refractivity contribution in [1.29, 1.82) is 5.26 Å². The van der Waals surface area contributed by atoms with Crippen molar-refractivity contribution < 1.29 is 9.47 Å². The van der Waals surface area contributed by atoms with E-state index in [1.54, 1.807) is 6.20 Å². The molecule has 5 rings (SSSR count). The number of nitrogens with zero attached hydrogens (tertiary/aromatic N) is 5. The van der Waals surface area contributed by atoms with E-state index in [4.69, 9.17) is 9.47 Å². The van der Waals surface area contributed by atoms with Crippen molar-refractivity contribution in [3.8, 4) is 23.3 Å². The van der Waals surface area contributed by atoms with E-state index >= 15 is 0 Å². The van der Waals surface area contributed by atoms with Crippen LogP contribution in [0.2, 0.25) is 0 Å². The number of ether oxygens (including phenoxy) is 2. The number of aromatic nitrogens is 2. The molecule has 0 amide bonds. The van der Waals surface area contributed by atoms with Gasteiger partial charge >= 0.3 is 0 Å². The van der Waals surface area contributed by atoms with Crippen molar-refractivity contribution >= 4 is 21.8 Å². The SMILES string of the molecule is Cc1cc2cc(Oc3ccnc4cc(OCCCN5CCN(C)CC5)c(C#N)cc34)ccc2n1C. The van der Waals surface area contributed by atoms with E-state index in [1.165, 1.54) is 5.69 Å². The van der Waals surface area contributed by atoms with Gasteiger partial charge in [0, 0.05) is 74.0 Å². The molecule has 1 saturated heterocycles. The van der Waals surface area contributed by atoms with Crippen molar-refractivity contribution in [2.24, 2.45) is 7.05 Å². The van der Waals surface area contributed by atoms with Gasteiger partial charge in [0.2, 0.25) is 0 Å². The number of piperazine rings is 1. The smallest absolute Gasteiger partial charge is 0.139 e. The molecule has 0 radical (unpaired) electrons. The Balaban J connectivity index is 1.31. The van der Waals surface area contributed by atoms with E-state index in [2.05, 4.69) is 58.6 Å². The third kappa shape index (κ3) is 4.95. The van der Waals surface area contributed by atoms with Gasteiger partial charge in [0.25, 0.3) is 0 Å². The number of hydrogen-bond donors (Lipinski definition) is 0. The molecular weight excluding hydrogens is 438 g/mol. The topological polar surface area (TPSA) is 66.6 Å².